The van der Waals surface area contributed by atoms with Gasteiger partial charge >= 0.3 is 5.78 Å². The molecule has 0 bridgehead atoms. The summed E-state index contributed by atoms with van der Waals surface area (Å²) in [6, 6.07) is 4.15. The van der Waals surface area contributed by atoms with Gasteiger partial charge in [0.1, 0.15) is 39.0 Å². The first-order valence-corrected chi connectivity index (χ1v) is 8.63. The SMILES string of the molecule is COc1c2c(cc3oc4oc5cc(O)c(O)cc5c4c(=O)c13)OC(C)(C)C=C2. The molecule has 0 spiro atoms. The Labute approximate surface area is 158 Å². The van der Waals surface area contributed by atoms with E-state index in [1.54, 1.807) is 6.07 Å². The first-order chi connectivity index (χ1) is 13.3. The molecule has 0 amide bonds. The third-order valence-electron chi connectivity index (χ3n) is 4.88. The summed E-state index contributed by atoms with van der Waals surface area (Å²) in [4.78, 5) is 13.3. The normalized spacial score (nSPS) is 15.1. The predicted octanol–water partition coefficient (Wildman–Crippen LogP) is 4.30. The lowest BCUT2D eigenvalue weighted by molar-refractivity contribution is 0.158. The molecule has 0 atom stereocenters. The Kier molecular flexibility index (Phi) is 3.09. The Morgan fingerprint density at radius 1 is 1.00 bits per heavy atom. The van der Waals surface area contributed by atoms with Crippen molar-refractivity contribution in [3.05, 3.63) is 40.1 Å². The van der Waals surface area contributed by atoms with Gasteiger partial charge in [0, 0.05) is 17.5 Å². The van der Waals surface area contributed by atoms with Crippen molar-refractivity contribution in [3.8, 4) is 23.0 Å². The summed E-state index contributed by atoms with van der Waals surface area (Å²) < 4.78 is 23.0. The molecule has 7 nitrogen and oxygen atoms in total. The maximum atomic E-state index is 13.3. The molecular weight excluding hydrogens is 364 g/mol. The van der Waals surface area contributed by atoms with Gasteiger partial charge in [0.25, 0.3) is 0 Å². The van der Waals surface area contributed by atoms with Crippen LogP contribution in [0.3, 0.4) is 0 Å². The lowest BCUT2D eigenvalue weighted by Gasteiger charge is -2.28. The van der Waals surface area contributed by atoms with Crippen LogP contribution in [0.4, 0.5) is 0 Å². The van der Waals surface area contributed by atoms with Crippen LogP contribution in [0.2, 0.25) is 0 Å². The van der Waals surface area contributed by atoms with E-state index in [2.05, 4.69) is 0 Å². The minimum atomic E-state index is -0.509. The smallest absolute Gasteiger partial charge is 0.302 e. The van der Waals surface area contributed by atoms with Crippen molar-refractivity contribution in [2.45, 2.75) is 19.4 Å². The van der Waals surface area contributed by atoms with E-state index in [1.165, 1.54) is 19.2 Å². The number of methoxy groups -OCH3 is 1. The van der Waals surface area contributed by atoms with Gasteiger partial charge in [0.05, 0.1) is 12.7 Å². The van der Waals surface area contributed by atoms with E-state index in [0.717, 1.165) is 0 Å². The van der Waals surface area contributed by atoms with Crippen LogP contribution in [0.25, 0.3) is 39.2 Å². The third kappa shape index (κ3) is 2.13. The number of ether oxygens (including phenoxy) is 2. The molecule has 0 aliphatic carbocycles. The molecule has 28 heavy (non-hydrogen) atoms. The van der Waals surface area contributed by atoms with Crippen molar-refractivity contribution in [1.29, 1.82) is 0 Å². The van der Waals surface area contributed by atoms with Crippen LogP contribution in [0.5, 0.6) is 23.0 Å². The van der Waals surface area contributed by atoms with E-state index in [4.69, 9.17) is 18.3 Å². The van der Waals surface area contributed by atoms with Crippen LogP contribution in [0, 0.1) is 0 Å². The Morgan fingerprint density at radius 3 is 2.46 bits per heavy atom. The lowest BCUT2D eigenvalue weighted by Crippen LogP contribution is -2.27. The van der Waals surface area contributed by atoms with Crippen molar-refractivity contribution >= 4 is 39.2 Å². The zero-order valence-corrected chi connectivity index (χ0v) is 15.3. The monoisotopic (exact) mass is 380 g/mol. The highest BCUT2D eigenvalue weighted by atomic mass is 16.5. The van der Waals surface area contributed by atoms with E-state index in [-0.39, 0.29) is 44.6 Å². The molecule has 3 heterocycles. The highest BCUT2D eigenvalue weighted by molar-refractivity contribution is 6.08. The van der Waals surface area contributed by atoms with Gasteiger partial charge in [-0.3, -0.25) is 4.79 Å². The fourth-order valence-corrected chi connectivity index (χ4v) is 3.59. The second-order valence-electron chi connectivity index (χ2n) is 7.27. The topological polar surface area (TPSA) is 102 Å². The van der Waals surface area contributed by atoms with Crippen molar-refractivity contribution in [2.75, 3.05) is 7.11 Å². The Hall–Kier alpha value is -3.61. The molecule has 2 N–H and O–H groups in total. The largest absolute Gasteiger partial charge is 0.504 e. The molecule has 0 saturated heterocycles. The van der Waals surface area contributed by atoms with Gasteiger partial charge in [-0.15, -0.1) is 0 Å². The van der Waals surface area contributed by atoms with Crippen molar-refractivity contribution < 1.29 is 28.5 Å². The summed E-state index contributed by atoms with van der Waals surface area (Å²) in [5.74, 6) is 0.158. The molecule has 5 rings (SSSR count). The van der Waals surface area contributed by atoms with E-state index in [1.807, 2.05) is 26.0 Å². The van der Waals surface area contributed by atoms with Crippen molar-refractivity contribution in [2.24, 2.45) is 0 Å². The highest BCUT2D eigenvalue weighted by Crippen LogP contribution is 2.43. The predicted molar refractivity (Wildman–Crippen MR) is 103 cm³/mol. The number of phenols is 2. The zero-order valence-electron chi connectivity index (χ0n) is 15.3. The maximum Gasteiger partial charge on any atom is 0.302 e. The Morgan fingerprint density at radius 2 is 1.71 bits per heavy atom. The fourth-order valence-electron chi connectivity index (χ4n) is 3.59. The van der Waals surface area contributed by atoms with E-state index >= 15 is 0 Å². The molecule has 1 aliphatic rings. The third-order valence-corrected chi connectivity index (χ3v) is 4.88. The minimum absolute atomic E-state index is 0.00915. The van der Waals surface area contributed by atoms with Crippen LogP contribution in [0.15, 0.2) is 37.9 Å². The van der Waals surface area contributed by atoms with Crippen LogP contribution >= 0.6 is 0 Å². The summed E-state index contributed by atoms with van der Waals surface area (Å²) >= 11 is 0. The minimum Gasteiger partial charge on any atom is -0.504 e. The van der Waals surface area contributed by atoms with Crippen LogP contribution in [0.1, 0.15) is 19.4 Å². The number of rotatable bonds is 1. The van der Waals surface area contributed by atoms with Gasteiger partial charge in [-0.1, -0.05) is 0 Å². The summed E-state index contributed by atoms with van der Waals surface area (Å²) in [5, 5.41) is 20.3. The number of aromatic hydroxyl groups is 2. The average Bonchev–Trinajstić information content (AvgIpc) is 2.96. The second kappa shape index (κ2) is 5.22. The molecule has 2 aromatic heterocycles. The average molecular weight is 380 g/mol. The number of furan rings is 1. The fraction of sp³-hybridized carbons (Fsp3) is 0.190. The molecule has 7 heteroatoms. The van der Waals surface area contributed by atoms with Crippen molar-refractivity contribution in [3.63, 3.8) is 0 Å². The lowest BCUT2D eigenvalue weighted by atomic mass is 9.99. The van der Waals surface area contributed by atoms with Crippen LogP contribution in [-0.2, 0) is 0 Å². The molecule has 0 unspecified atom stereocenters. The number of hydrogen-bond donors (Lipinski definition) is 2. The standard InChI is InChI=1S/C21H16O7/c1-21(2)5-4-9-14(28-21)8-15-17(19(9)25-3)18(24)16-10-6-11(22)12(23)7-13(10)26-20(16)27-15/h4-8,22-23H,1-3H3. The number of fused-ring (bicyclic) bond motifs is 5. The number of benzene rings is 2. The second-order valence-corrected chi connectivity index (χ2v) is 7.27. The number of phenolic OH excluding ortho intramolecular Hbond substituents is 2. The molecule has 2 aromatic carbocycles. The van der Waals surface area contributed by atoms with Gasteiger partial charge < -0.3 is 28.5 Å². The van der Waals surface area contributed by atoms with Gasteiger partial charge in [0.15, 0.2) is 11.5 Å². The molecule has 0 fully saturated rings. The molecule has 1 aliphatic heterocycles. The first-order valence-electron chi connectivity index (χ1n) is 8.63. The Balaban J connectivity index is 1.96. The maximum absolute atomic E-state index is 13.3. The van der Waals surface area contributed by atoms with Gasteiger partial charge in [0.2, 0.25) is 5.43 Å². The number of hydrogen-bond acceptors (Lipinski definition) is 7. The molecular formula is C21H16O7. The summed E-state index contributed by atoms with van der Waals surface area (Å²) in [5.41, 5.74) is 0.256. The van der Waals surface area contributed by atoms with Crippen LogP contribution in [-0.4, -0.2) is 22.9 Å². The Bertz CT molecular complexity index is 1390. The summed E-state index contributed by atoms with van der Waals surface area (Å²) in [6.07, 6.45) is 3.75. The van der Waals surface area contributed by atoms with Gasteiger partial charge in [-0.2, -0.15) is 0 Å². The van der Waals surface area contributed by atoms with E-state index in [0.29, 0.717) is 22.4 Å². The highest BCUT2D eigenvalue weighted by Gasteiger charge is 2.28. The molecule has 0 saturated carbocycles. The van der Waals surface area contributed by atoms with Crippen molar-refractivity contribution in [1.82, 2.24) is 0 Å². The molecule has 0 radical (unpaired) electrons. The summed E-state index contributed by atoms with van der Waals surface area (Å²) in [6.45, 7) is 3.83. The zero-order chi connectivity index (χ0) is 19.8. The van der Waals surface area contributed by atoms with E-state index < -0.39 is 5.60 Å². The van der Waals surface area contributed by atoms with Gasteiger partial charge in [-0.25, -0.2) is 0 Å². The quantitative estimate of drug-likeness (QED) is 0.475. The molecule has 4 aromatic rings. The molecule has 142 valence electrons. The van der Waals surface area contributed by atoms with Crippen LogP contribution < -0.4 is 14.9 Å². The summed E-state index contributed by atoms with van der Waals surface area (Å²) in [7, 11) is 1.48. The van der Waals surface area contributed by atoms with Gasteiger partial charge in [-0.05, 0) is 32.1 Å². The first kappa shape index (κ1) is 16.6. The van der Waals surface area contributed by atoms with E-state index in [9.17, 15) is 15.0 Å².